The Bertz CT molecular complexity index is 1110. The minimum atomic E-state index is -0.310. The van der Waals surface area contributed by atoms with Crippen molar-refractivity contribution < 1.29 is 9.18 Å². The Balaban J connectivity index is 1.39. The fourth-order valence-corrected chi connectivity index (χ4v) is 3.35. The Hall–Kier alpha value is -3.41. The molecule has 0 aliphatic rings. The molecule has 0 atom stereocenters. The van der Waals surface area contributed by atoms with Crippen LogP contribution in [0.15, 0.2) is 60.8 Å². The Labute approximate surface area is 162 Å². The molecular formula is C22H21FN4O. The molecule has 0 fully saturated rings. The summed E-state index contributed by atoms with van der Waals surface area (Å²) >= 11 is 0. The number of H-pyrrole nitrogens is 1. The summed E-state index contributed by atoms with van der Waals surface area (Å²) in [5.74, 6) is 0.208. The Morgan fingerprint density at radius 2 is 1.96 bits per heavy atom. The van der Waals surface area contributed by atoms with Crippen molar-refractivity contribution in [2.75, 3.05) is 5.32 Å². The van der Waals surface area contributed by atoms with Crippen LogP contribution < -0.4 is 5.32 Å². The summed E-state index contributed by atoms with van der Waals surface area (Å²) in [6.07, 6.45) is 3.99. The van der Waals surface area contributed by atoms with E-state index in [1.165, 1.54) is 23.1 Å². The number of anilines is 1. The van der Waals surface area contributed by atoms with E-state index in [4.69, 9.17) is 0 Å². The second kappa shape index (κ2) is 7.68. The van der Waals surface area contributed by atoms with Gasteiger partial charge in [0.1, 0.15) is 11.6 Å². The molecule has 0 saturated heterocycles. The Kier molecular flexibility index (Phi) is 4.93. The molecule has 4 rings (SSSR count). The number of amides is 1. The zero-order valence-electron chi connectivity index (χ0n) is 15.6. The maximum absolute atomic E-state index is 13.2. The number of fused-ring (bicyclic) bond motifs is 1. The molecule has 5 nitrogen and oxygen atoms in total. The molecule has 6 heteroatoms. The molecular weight excluding hydrogens is 355 g/mol. The molecule has 2 aromatic carbocycles. The van der Waals surface area contributed by atoms with Gasteiger partial charge in [-0.25, -0.2) is 9.07 Å². The topological polar surface area (TPSA) is 62.7 Å². The van der Waals surface area contributed by atoms with Gasteiger partial charge in [-0.1, -0.05) is 18.2 Å². The Morgan fingerprint density at radius 1 is 1.18 bits per heavy atom. The van der Waals surface area contributed by atoms with E-state index in [2.05, 4.69) is 21.5 Å². The quantitative estimate of drug-likeness (QED) is 0.509. The third kappa shape index (κ3) is 3.81. The van der Waals surface area contributed by atoms with Crippen LogP contribution in [-0.4, -0.2) is 20.7 Å². The molecule has 0 saturated carbocycles. The van der Waals surface area contributed by atoms with Crippen molar-refractivity contribution in [3.05, 3.63) is 77.9 Å². The van der Waals surface area contributed by atoms with E-state index >= 15 is 0 Å². The lowest BCUT2D eigenvalue weighted by Crippen LogP contribution is -2.15. The van der Waals surface area contributed by atoms with Crippen molar-refractivity contribution in [2.24, 2.45) is 0 Å². The number of carbonyl (C=O) groups excluding carboxylic acids is 1. The lowest BCUT2D eigenvalue weighted by molar-refractivity contribution is -0.116. The fraction of sp³-hybridized carbons (Fsp3) is 0.182. The number of rotatable bonds is 6. The average molecular weight is 376 g/mol. The molecule has 2 aromatic heterocycles. The van der Waals surface area contributed by atoms with Crippen LogP contribution in [0.2, 0.25) is 0 Å². The van der Waals surface area contributed by atoms with E-state index in [0.29, 0.717) is 17.9 Å². The summed E-state index contributed by atoms with van der Waals surface area (Å²) in [5, 5.41) is 8.52. The molecule has 0 spiro atoms. The molecule has 2 N–H and O–H groups in total. The lowest BCUT2D eigenvalue weighted by atomic mass is 10.1. The highest BCUT2D eigenvalue weighted by Crippen LogP contribution is 2.20. The number of aromatic amines is 1. The third-order valence-electron chi connectivity index (χ3n) is 4.70. The van der Waals surface area contributed by atoms with Gasteiger partial charge < -0.3 is 10.3 Å². The molecule has 4 aromatic rings. The summed E-state index contributed by atoms with van der Waals surface area (Å²) < 4.78 is 14.8. The molecule has 0 aliphatic carbocycles. The number of aryl methyl sites for hydroxylation is 2. The maximum atomic E-state index is 13.2. The van der Waals surface area contributed by atoms with Crippen LogP contribution >= 0.6 is 0 Å². The molecule has 142 valence electrons. The van der Waals surface area contributed by atoms with Crippen molar-refractivity contribution in [1.82, 2.24) is 14.8 Å². The molecule has 0 unspecified atom stereocenters. The van der Waals surface area contributed by atoms with E-state index in [1.807, 2.05) is 31.3 Å². The van der Waals surface area contributed by atoms with Gasteiger partial charge in [-0.15, -0.1) is 0 Å². The van der Waals surface area contributed by atoms with Crippen LogP contribution in [0.1, 0.15) is 24.1 Å². The molecule has 0 aliphatic heterocycles. The van der Waals surface area contributed by atoms with E-state index in [9.17, 15) is 9.18 Å². The smallest absolute Gasteiger partial charge is 0.225 e. The van der Waals surface area contributed by atoms with Crippen molar-refractivity contribution >= 4 is 22.6 Å². The van der Waals surface area contributed by atoms with Gasteiger partial charge in [-0.2, -0.15) is 5.10 Å². The summed E-state index contributed by atoms with van der Waals surface area (Å²) in [6, 6.07) is 16.0. The van der Waals surface area contributed by atoms with Gasteiger partial charge in [0.15, 0.2) is 0 Å². The summed E-state index contributed by atoms with van der Waals surface area (Å²) in [4.78, 5) is 15.7. The van der Waals surface area contributed by atoms with Crippen molar-refractivity contribution in [2.45, 2.75) is 26.2 Å². The van der Waals surface area contributed by atoms with Crippen LogP contribution in [0.3, 0.4) is 0 Å². The molecule has 0 bridgehead atoms. The highest BCUT2D eigenvalue weighted by molar-refractivity contribution is 5.90. The van der Waals surface area contributed by atoms with Gasteiger partial charge >= 0.3 is 0 Å². The maximum Gasteiger partial charge on any atom is 0.225 e. The van der Waals surface area contributed by atoms with Crippen LogP contribution in [0.5, 0.6) is 0 Å². The van der Waals surface area contributed by atoms with E-state index in [0.717, 1.165) is 24.1 Å². The summed E-state index contributed by atoms with van der Waals surface area (Å²) in [5.41, 5.74) is 3.80. The minimum Gasteiger partial charge on any atom is -0.361 e. The number of nitrogens with zero attached hydrogens (tertiary/aromatic N) is 2. The molecule has 28 heavy (non-hydrogen) atoms. The Morgan fingerprint density at radius 3 is 2.79 bits per heavy atom. The predicted octanol–water partition coefficient (Wildman–Crippen LogP) is 4.76. The zero-order valence-corrected chi connectivity index (χ0v) is 15.6. The lowest BCUT2D eigenvalue weighted by Gasteiger charge is -2.09. The number of benzene rings is 2. The number of aromatic nitrogens is 3. The third-order valence-corrected chi connectivity index (χ3v) is 4.70. The normalized spacial score (nSPS) is 11.1. The van der Waals surface area contributed by atoms with Gasteiger partial charge in [0.2, 0.25) is 5.91 Å². The van der Waals surface area contributed by atoms with Crippen LogP contribution in [-0.2, 0) is 11.2 Å². The van der Waals surface area contributed by atoms with Gasteiger partial charge in [0.05, 0.1) is 11.4 Å². The second-order valence-electron chi connectivity index (χ2n) is 6.82. The van der Waals surface area contributed by atoms with Crippen LogP contribution in [0.4, 0.5) is 10.2 Å². The first-order valence-electron chi connectivity index (χ1n) is 9.27. The van der Waals surface area contributed by atoms with Crippen molar-refractivity contribution in [3.8, 4) is 5.69 Å². The van der Waals surface area contributed by atoms with E-state index in [-0.39, 0.29) is 11.7 Å². The first-order chi connectivity index (χ1) is 13.6. The van der Waals surface area contributed by atoms with Crippen molar-refractivity contribution in [3.63, 3.8) is 0 Å². The van der Waals surface area contributed by atoms with E-state index < -0.39 is 0 Å². The van der Waals surface area contributed by atoms with Gasteiger partial charge in [0.25, 0.3) is 0 Å². The molecule has 0 radical (unpaired) electrons. The SMILES string of the molecule is Cc1cc(NC(=O)CCCc2c[nH]c3ccccc23)n(-c2ccc(F)cc2)n1. The minimum absolute atomic E-state index is 0.0666. The molecule has 2 heterocycles. The highest BCUT2D eigenvalue weighted by Gasteiger charge is 2.12. The largest absolute Gasteiger partial charge is 0.361 e. The standard InChI is InChI=1S/C22H21FN4O/c1-15-13-21(27(26-15)18-11-9-17(23)10-12-18)25-22(28)8-4-5-16-14-24-20-7-3-2-6-19(16)20/h2-3,6-7,9-14,24H,4-5,8H2,1H3,(H,25,28). The second-order valence-corrected chi connectivity index (χ2v) is 6.82. The number of carbonyl (C=O) groups is 1. The van der Waals surface area contributed by atoms with Gasteiger partial charge in [-0.05, 0) is 55.7 Å². The number of hydrogen-bond acceptors (Lipinski definition) is 2. The number of hydrogen-bond donors (Lipinski definition) is 2. The number of nitrogens with one attached hydrogen (secondary N) is 2. The highest BCUT2D eigenvalue weighted by atomic mass is 19.1. The summed E-state index contributed by atoms with van der Waals surface area (Å²) in [7, 11) is 0. The monoisotopic (exact) mass is 376 g/mol. The fourth-order valence-electron chi connectivity index (χ4n) is 3.35. The zero-order chi connectivity index (χ0) is 19.5. The van der Waals surface area contributed by atoms with E-state index in [1.54, 1.807) is 22.9 Å². The van der Waals surface area contributed by atoms with Crippen LogP contribution in [0.25, 0.3) is 16.6 Å². The predicted molar refractivity (Wildman–Crippen MR) is 108 cm³/mol. The first kappa shape index (κ1) is 18.0. The van der Waals surface area contributed by atoms with Crippen molar-refractivity contribution in [1.29, 1.82) is 0 Å². The first-order valence-corrected chi connectivity index (χ1v) is 9.27. The van der Waals surface area contributed by atoms with Gasteiger partial charge in [-0.3, -0.25) is 4.79 Å². The average Bonchev–Trinajstić information content (AvgIpc) is 3.26. The van der Waals surface area contributed by atoms with Gasteiger partial charge in [0, 0.05) is 29.6 Å². The summed E-state index contributed by atoms with van der Waals surface area (Å²) in [6.45, 7) is 1.85. The van der Waals surface area contributed by atoms with Crippen LogP contribution in [0, 0.1) is 12.7 Å². The number of halogens is 1. The number of para-hydroxylation sites is 1. The molecule has 1 amide bonds.